The summed E-state index contributed by atoms with van der Waals surface area (Å²) < 4.78 is 0. The lowest BCUT2D eigenvalue weighted by molar-refractivity contribution is -0.159. The van der Waals surface area contributed by atoms with Crippen molar-refractivity contribution in [2.24, 2.45) is 11.8 Å². The Morgan fingerprint density at radius 1 is 1.16 bits per heavy atom. The van der Waals surface area contributed by atoms with Gasteiger partial charge in [-0.15, -0.1) is 0 Å². The van der Waals surface area contributed by atoms with E-state index < -0.39 is 5.54 Å². The zero-order valence-corrected chi connectivity index (χ0v) is 11.9. The van der Waals surface area contributed by atoms with Gasteiger partial charge in [-0.1, -0.05) is 13.8 Å². The molecule has 0 aromatic rings. The first kappa shape index (κ1) is 12.9. The number of nitrogens with one attached hydrogen (secondary N) is 1. The summed E-state index contributed by atoms with van der Waals surface area (Å²) in [6.07, 6.45) is 6.01. The summed E-state index contributed by atoms with van der Waals surface area (Å²) in [5.74, 6) is 1.28. The number of hydrogen-bond donors (Lipinski definition) is 1. The minimum absolute atomic E-state index is 0.0784. The average molecular weight is 264 g/mol. The Morgan fingerprint density at radius 2 is 1.79 bits per heavy atom. The Hall–Kier alpha value is -1.06. The minimum Gasteiger partial charge on any atom is -0.342 e. The topological polar surface area (TPSA) is 49.4 Å². The standard InChI is InChI=1S/C15H24N2O2/c1-3-15(4-2)14(19)16-12(11-7-8-11)13(18)17(15)9-10-5-6-10/h10-12H,3-9H2,1-2H3,(H,16,19). The van der Waals surface area contributed by atoms with E-state index in [1.54, 1.807) is 0 Å². The zero-order valence-electron chi connectivity index (χ0n) is 11.9. The molecule has 2 aliphatic carbocycles. The van der Waals surface area contributed by atoms with Crippen molar-refractivity contribution >= 4 is 11.8 Å². The van der Waals surface area contributed by atoms with Crippen LogP contribution in [0.2, 0.25) is 0 Å². The molecule has 0 radical (unpaired) electrons. The monoisotopic (exact) mass is 264 g/mol. The Balaban J connectivity index is 1.88. The molecule has 3 rings (SSSR count). The third-order valence-corrected chi connectivity index (χ3v) is 5.16. The van der Waals surface area contributed by atoms with Crippen LogP contribution in [0, 0.1) is 11.8 Å². The van der Waals surface area contributed by atoms with Gasteiger partial charge < -0.3 is 10.2 Å². The summed E-state index contributed by atoms with van der Waals surface area (Å²) in [7, 11) is 0. The first-order valence-electron chi connectivity index (χ1n) is 7.74. The van der Waals surface area contributed by atoms with Crippen LogP contribution >= 0.6 is 0 Å². The molecule has 106 valence electrons. The van der Waals surface area contributed by atoms with Gasteiger partial charge in [-0.2, -0.15) is 0 Å². The molecule has 0 spiro atoms. The molecule has 1 atom stereocenters. The van der Waals surface area contributed by atoms with E-state index in [0.29, 0.717) is 24.7 Å². The predicted molar refractivity (Wildman–Crippen MR) is 72.4 cm³/mol. The molecule has 1 saturated heterocycles. The summed E-state index contributed by atoms with van der Waals surface area (Å²) in [5, 5.41) is 3.01. The van der Waals surface area contributed by atoms with Crippen molar-refractivity contribution < 1.29 is 9.59 Å². The molecule has 4 heteroatoms. The fraction of sp³-hybridized carbons (Fsp3) is 0.867. The highest BCUT2D eigenvalue weighted by Gasteiger charge is 2.54. The van der Waals surface area contributed by atoms with E-state index in [0.717, 1.165) is 19.4 Å². The highest BCUT2D eigenvalue weighted by Crippen LogP contribution is 2.40. The number of nitrogens with zero attached hydrogens (tertiary/aromatic N) is 1. The second kappa shape index (κ2) is 4.50. The van der Waals surface area contributed by atoms with Crippen molar-refractivity contribution in [3.63, 3.8) is 0 Å². The second-order valence-electron chi connectivity index (χ2n) is 6.42. The third-order valence-electron chi connectivity index (χ3n) is 5.16. The smallest absolute Gasteiger partial charge is 0.246 e. The first-order valence-corrected chi connectivity index (χ1v) is 7.74. The maximum Gasteiger partial charge on any atom is 0.246 e. The molecule has 0 aromatic heterocycles. The number of rotatable bonds is 5. The molecule has 1 aliphatic heterocycles. The second-order valence-corrected chi connectivity index (χ2v) is 6.42. The number of carbonyl (C=O) groups excluding carboxylic acids is 2. The van der Waals surface area contributed by atoms with E-state index >= 15 is 0 Å². The van der Waals surface area contributed by atoms with Crippen LogP contribution in [-0.4, -0.2) is 34.8 Å². The molecule has 1 unspecified atom stereocenters. The van der Waals surface area contributed by atoms with Gasteiger partial charge in [0.15, 0.2) is 0 Å². The van der Waals surface area contributed by atoms with Gasteiger partial charge in [0.25, 0.3) is 0 Å². The van der Waals surface area contributed by atoms with Crippen LogP contribution < -0.4 is 5.32 Å². The molecule has 0 aromatic carbocycles. The van der Waals surface area contributed by atoms with E-state index in [2.05, 4.69) is 5.32 Å². The first-order chi connectivity index (χ1) is 9.12. The Labute approximate surface area is 114 Å². The summed E-state index contributed by atoms with van der Waals surface area (Å²) >= 11 is 0. The van der Waals surface area contributed by atoms with Crippen molar-refractivity contribution in [2.45, 2.75) is 64.0 Å². The largest absolute Gasteiger partial charge is 0.342 e. The van der Waals surface area contributed by atoms with Crippen LogP contribution in [0.15, 0.2) is 0 Å². The van der Waals surface area contributed by atoms with Gasteiger partial charge in [0.2, 0.25) is 11.8 Å². The number of amides is 2. The van der Waals surface area contributed by atoms with Gasteiger partial charge in [0.05, 0.1) is 0 Å². The van der Waals surface area contributed by atoms with Crippen LogP contribution in [0.3, 0.4) is 0 Å². The lowest BCUT2D eigenvalue weighted by Crippen LogP contribution is -2.71. The molecule has 0 bridgehead atoms. The van der Waals surface area contributed by atoms with Gasteiger partial charge in [0.1, 0.15) is 11.6 Å². The molecule has 19 heavy (non-hydrogen) atoms. The van der Waals surface area contributed by atoms with E-state index in [1.807, 2.05) is 18.7 Å². The molecule has 1 N–H and O–H groups in total. The van der Waals surface area contributed by atoms with E-state index in [1.165, 1.54) is 12.8 Å². The zero-order chi connectivity index (χ0) is 13.6. The third kappa shape index (κ3) is 2.05. The van der Waals surface area contributed by atoms with E-state index in [9.17, 15) is 9.59 Å². The van der Waals surface area contributed by atoms with Crippen molar-refractivity contribution in [3.8, 4) is 0 Å². The van der Waals surface area contributed by atoms with Crippen LogP contribution in [0.4, 0.5) is 0 Å². The Bertz CT molecular complexity index is 395. The van der Waals surface area contributed by atoms with Gasteiger partial charge in [0, 0.05) is 6.54 Å². The lowest BCUT2D eigenvalue weighted by atomic mass is 9.85. The maximum atomic E-state index is 12.8. The van der Waals surface area contributed by atoms with Crippen LogP contribution in [0.1, 0.15) is 52.4 Å². The van der Waals surface area contributed by atoms with Gasteiger partial charge >= 0.3 is 0 Å². The molecular formula is C15H24N2O2. The predicted octanol–water partition coefficient (Wildman–Crippen LogP) is 1.69. The Morgan fingerprint density at radius 3 is 2.26 bits per heavy atom. The van der Waals surface area contributed by atoms with Crippen LogP contribution in [0.5, 0.6) is 0 Å². The molecule has 4 nitrogen and oxygen atoms in total. The van der Waals surface area contributed by atoms with Crippen LogP contribution in [0.25, 0.3) is 0 Å². The number of hydrogen-bond acceptors (Lipinski definition) is 2. The molecule has 3 aliphatic rings. The highest BCUT2D eigenvalue weighted by atomic mass is 16.2. The quantitative estimate of drug-likeness (QED) is 0.821. The van der Waals surface area contributed by atoms with E-state index in [-0.39, 0.29) is 17.9 Å². The van der Waals surface area contributed by atoms with Gasteiger partial charge in [-0.05, 0) is 50.4 Å². The summed E-state index contributed by atoms with van der Waals surface area (Å²) in [5.41, 5.74) is -0.592. The minimum atomic E-state index is -0.592. The fourth-order valence-corrected chi connectivity index (χ4v) is 3.36. The summed E-state index contributed by atoms with van der Waals surface area (Å²) in [6, 6.07) is -0.238. The lowest BCUT2D eigenvalue weighted by Gasteiger charge is -2.48. The number of carbonyl (C=O) groups is 2. The fourth-order valence-electron chi connectivity index (χ4n) is 3.36. The average Bonchev–Trinajstić information content (AvgIpc) is 3.28. The highest BCUT2D eigenvalue weighted by molar-refractivity contribution is 6.00. The summed E-state index contributed by atoms with van der Waals surface area (Å²) in [4.78, 5) is 27.3. The molecule has 1 heterocycles. The number of piperazine rings is 1. The van der Waals surface area contributed by atoms with E-state index in [4.69, 9.17) is 0 Å². The summed E-state index contributed by atoms with van der Waals surface area (Å²) in [6.45, 7) is 4.83. The normalized spacial score (nSPS) is 30.4. The Kier molecular flexibility index (Phi) is 3.06. The molecule has 3 fully saturated rings. The molecule has 2 saturated carbocycles. The van der Waals surface area contributed by atoms with Crippen molar-refractivity contribution in [2.75, 3.05) is 6.54 Å². The van der Waals surface area contributed by atoms with Crippen molar-refractivity contribution in [1.29, 1.82) is 0 Å². The molecule has 2 amide bonds. The maximum absolute atomic E-state index is 12.8. The van der Waals surface area contributed by atoms with Crippen molar-refractivity contribution in [3.05, 3.63) is 0 Å². The van der Waals surface area contributed by atoms with Crippen LogP contribution in [-0.2, 0) is 9.59 Å². The van der Waals surface area contributed by atoms with Crippen molar-refractivity contribution in [1.82, 2.24) is 10.2 Å². The van der Waals surface area contributed by atoms with Gasteiger partial charge in [-0.3, -0.25) is 9.59 Å². The SMILES string of the molecule is CCC1(CC)C(=O)NC(C2CC2)C(=O)N1CC1CC1. The molecular weight excluding hydrogens is 240 g/mol. The van der Waals surface area contributed by atoms with Gasteiger partial charge in [-0.25, -0.2) is 0 Å².